The molecular formula is C17H16O11. The van der Waals surface area contributed by atoms with Crippen molar-refractivity contribution in [3.05, 3.63) is 28.8 Å². The van der Waals surface area contributed by atoms with Crippen molar-refractivity contribution in [3.8, 4) is 17.2 Å². The van der Waals surface area contributed by atoms with Gasteiger partial charge in [0.05, 0.1) is 38.4 Å². The highest BCUT2D eigenvalue weighted by Gasteiger charge is 2.47. The molecule has 11 heteroatoms. The van der Waals surface area contributed by atoms with Gasteiger partial charge in [0.2, 0.25) is 11.9 Å². The molecule has 0 amide bonds. The van der Waals surface area contributed by atoms with E-state index in [1.54, 1.807) is 0 Å². The van der Waals surface area contributed by atoms with E-state index in [9.17, 15) is 34.5 Å². The van der Waals surface area contributed by atoms with E-state index in [1.165, 1.54) is 0 Å². The molecule has 0 bridgehead atoms. The number of hydrogen-bond acceptors (Lipinski definition) is 11. The number of hydrogen-bond donors (Lipinski definition) is 3. The Morgan fingerprint density at radius 1 is 1.04 bits per heavy atom. The summed E-state index contributed by atoms with van der Waals surface area (Å²) in [5.41, 5.74) is -1.42. The van der Waals surface area contributed by atoms with Crippen LogP contribution in [0.15, 0.2) is 17.7 Å². The molecule has 0 saturated heterocycles. The average molecular weight is 396 g/mol. The summed E-state index contributed by atoms with van der Waals surface area (Å²) in [6, 6.07) is 0.778. The van der Waals surface area contributed by atoms with Crippen LogP contribution in [0, 0.1) is 0 Å². The molecule has 3 N–H and O–H groups in total. The fourth-order valence-corrected chi connectivity index (χ4v) is 2.74. The minimum atomic E-state index is -1.81. The van der Waals surface area contributed by atoms with Crippen molar-refractivity contribution in [2.75, 3.05) is 21.3 Å². The zero-order chi connectivity index (χ0) is 21.2. The highest BCUT2D eigenvalue weighted by Crippen LogP contribution is 2.49. The van der Waals surface area contributed by atoms with Gasteiger partial charge in [-0.25, -0.2) is 19.2 Å². The van der Waals surface area contributed by atoms with Crippen LogP contribution in [0.25, 0.3) is 0 Å². The van der Waals surface area contributed by atoms with Crippen LogP contribution in [0.1, 0.15) is 21.8 Å². The third kappa shape index (κ3) is 3.41. The Bertz CT molecular complexity index is 884. The summed E-state index contributed by atoms with van der Waals surface area (Å²) < 4.78 is 18.6. The predicted octanol–water partition coefficient (Wildman–Crippen LogP) is -0.129. The van der Waals surface area contributed by atoms with Gasteiger partial charge in [-0.05, 0) is 6.07 Å². The number of phenols is 3. The maximum Gasteiger partial charge on any atom is 0.348 e. The first-order valence-corrected chi connectivity index (χ1v) is 7.62. The predicted molar refractivity (Wildman–Crippen MR) is 87.5 cm³/mol. The van der Waals surface area contributed by atoms with Gasteiger partial charge >= 0.3 is 23.9 Å². The van der Waals surface area contributed by atoms with Crippen molar-refractivity contribution in [2.24, 2.45) is 0 Å². The van der Waals surface area contributed by atoms with Crippen LogP contribution in [-0.4, -0.2) is 66.6 Å². The van der Waals surface area contributed by atoms with E-state index < -0.39 is 69.8 Å². The number of phenolic OH excluding ortho intramolecular Hbond substituents is 3. The van der Waals surface area contributed by atoms with Crippen LogP contribution in [0.2, 0.25) is 0 Å². The van der Waals surface area contributed by atoms with E-state index in [-0.39, 0.29) is 0 Å². The number of cyclic esters (lactones) is 1. The molecule has 1 aromatic carbocycles. The van der Waals surface area contributed by atoms with E-state index in [2.05, 4.69) is 14.2 Å². The van der Waals surface area contributed by atoms with E-state index in [0.29, 0.717) is 6.08 Å². The zero-order valence-corrected chi connectivity index (χ0v) is 14.9. The van der Waals surface area contributed by atoms with Gasteiger partial charge in [0.15, 0.2) is 11.5 Å². The lowest BCUT2D eigenvalue weighted by atomic mass is 9.80. The maximum atomic E-state index is 12.3. The molecule has 0 radical (unpaired) electrons. The Labute approximate surface area is 157 Å². The molecule has 2 rings (SSSR count). The minimum Gasteiger partial charge on any atom is -0.504 e. The molecule has 1 heterocycles. The van der Waals surface area contributed by atoms with Gasteiger partial charge in [-0.1, -0.05) is 0 Å². The Kier molecular flexibility index (Phi) is 5.77. The van der Waals surface area contributed by atoms with Crippen molar-refractivity contribution in [3.63, 3.8) is 0 Å². The summed E-state index contributed by atoms with van der Waals surface area (Å²) >= 11 is 0. The fraction of sp³-hybridized carbons (Fsp3) is 0.294. The lowest BCUT2D eigenvalue weighted by molar-refractivity contribution is -0.152. The smallest absolute Gasteiger partial charge is 0.348 e. The van der Waals surface area contributed by atoms with Crippen LogP contribution < -0.4 is 0 Å². The maximum absolute atomic E-state index is 12.3. The lowest BCUT2D eigenvalue weighted by Crippen LogP contribution is -2.41. The molecular weight excluding hydrogens is 380 g/mol. The quantitative estimate of drug-likeness (QED) is 0.268. The van der Waals surface area contributed by atoms with Gasteiger partial charge in [0.25, 0.3) is 0 Å². The van der Waals surface area contributed by atoms with Crippen LogP contribution in [0.5, 0.6) is 17.2 Å². The van der Waals surface area contributed by atoms with Crippen molar-refractivity contribution in [2.45, 2.75) is 12.0 Å². The molecule has 150 valence electrons. The van der Waals surface area contributed by atoms with Crippen LogP contribution in [0.3, 0.4) is 0 Å². The first kappa shape index (κ1) is 20.6. The van der Waals surface area contributed by atoms with Gasteiger partial charge in [-0.3, -0.25) is 0 Å². The number of benzene rings is 1. The minimum absolute atomic E-state index is 0.442. The third-order valence-electron chi connectivity index (χ3n) is 4.03. The lowest BCUT2D eigenvalue weighted by Gasteiger charge is -2.32. The van der Waals surface area contributed by atoms with Crippen molar-refractivity contribution in [1.82, 2.24) is 0 Å². The van der Waals surface area contributed by atoms with E-state index in [0.717, 1.165) is 27.4 Å². The van der Waals surface area contributed by atoms with Crippen LogP contribution >= 0.6 is 0 Å². The monoisotopic (exact) mass is 396 g/mol. The SMILES string of the molecule is COC(=O)C=C(C(=O)OC)[C@@H]1c2c(cc(O)c(O)c2O)C(=O)O[C@@H]1C(=O)OC. The summed E-state index contributed by atoms with van der Waals surface area (Å²) in [6.45, 7) is 0. The number of rotatable bonds is 4. The molecule has 0 saturated carbocycles. The number of ether oxygens (including phenoxy) is 4. The highest BCUT2D eigenvalue weighted by molar-refractivity contribution is 6.03. The number of carbonyl (C=O) groups excluding carboxylic acids is 4. The molecule has 1 aromatic rings. The molecule has 2 atom stereocenters. The Hall–Kier alpha value is -3.76. The molecule has 0 aliphatic carbocycles. The van der Waals surface area contributed by atoms with Crippen molar-refractivity contribution >= 4 is 23.9 Å². The molecule has 1 aliphatic rings. The summed E-state index contributed by atoms with van der Waals surface area (Å²) in [5, 5.41) is 29.8. The zero-order valence-electron chi connectivity index (χ0n) is 14.9. The second kappa shape index (κ2) is 7.86. The summed E-state index contributed by atoms with van der Waals surface area (Å²) in [5.74, 6) is -8.84. The normalized spacial score (nSPS) is 18.5. The number of methoxy groups -OCH3 is 3. The Morgan fingerprint density at radius 3 is 2.21 bits per heavy atom. The Morgan fingerprint density at radius 2 is 1.68 bits per heavy atom. The van der Waals surface area contributed by atoms with E-state index in [1.807, 2.05) is 0 Å². The molecule has 0 spiro atoms. The van der Waals surface area contributed by atoms with Crippen LogP contribution in [0.4, 0.5) is 0 Å². The summed E-state index contributed by atoms with van der Waals surface area (Å²) in [6.07, 6.45) is -1.13. The van der Waals surface area contributed by atoms with Gasteiger partial charge in [-0.15, -0.1) is 0 Å². The highest BCUT2D eigenvalue weighted by atomic mass is 16.6. The number of fused-ring (bicyclic) bond motifs is 1. The number of carbonyl (C=O) groups is 4. The molecule has 0 unspecified atom stereocenters. The molecule has 0 aromatic heterocycles. The standard InChI is InChI=1S/C17H16O11/c1-25-9(19)5-7(15(22)26-2)11-10-6(4-8(18)12(20)13(10)21)16(23)28-14(11)17(24)27-3/h4-5,11,14,18,20-21H,1-3H3/t11-,14+/m1/s1. The number of esters is 4. The van der Waals surface area contributed by atoms with E-state index in [4.69, 9.17) is 4.74 Å². The van der Waals surface area contributed by atoms with Gasteiger partial charge < -0.3 is 34.3 Å². The fourth-order valence-electron chi connectivity index (χ4n) is 2.74. The average Bonchev–Trinajstić information content (AvgIpc) is 2.69. The first-order valence-electron chi connectivity index (χ1n) is 7.62. The molecule has 1 aliphatic heterocycles. The largest absolute Gasteiger partial charge is 0.504 e. The van der Waals surface area contributed by atoms with Gasteiger partial charge in [0.1, 0.15) is 0 Å². The topological polar surface area (TPSA) is 166 Å². The number of aromatic hydroxyl groups is 3. The molecule has 28 heavy (non-hydrogen) atoms. The summed E-state index contributed by atoms with van der Waals surface area (Å²) in [7, 11) is 3.00. The van der Waals surface area contributed by atoms with E-state index >= 15 is 0 Å². The Balaban J connectivity index is 2.87. The third-order valence-corrected chi connectivity index (χ3v) is 4.03. The second-order valence-electron chi connectivity index (χ2n) is 5.50. The van der Waals surface area contributed by atoms with Crippen LogP contribution in [-0.2, 0) is 33.3 Å². The van der Waals surface area contributed by atoms with Gasteiger partial charge in [0, 0.05) is 11.6 Å². The van der Waals surface area contributed by atoms with Crippen molar-refractivity contribution in [1.29, 1.82) is 0 Å². The van der Waals surface area contributed by atoms with Gasteiger partial charge in [-0.2, -0.15) is 0 Å². The molecule has 11 nitrogen and oxygen atoms in total. The van der Waals surface area contributed by atoms with Crippen molar-refractivity contribution < 1.29 is 53.4 Å². The molecule has 0 fully saturated rings. The first-order chi connectivity index (χ1) is 13.2. The summed E-state index contributed by atoms with van der Waals surface area (Å²) in [4.78, 5) is 48.5. The second-order valence-corrected chi connectivity index (χ2v) is 5.50.